The molecule has 2 aromatic carbocycles. The van der Waals surface area contributed by atoms with Crippen molar-refractivity contribution in [1.82, 2.24) is 0 Å². The zero-order valence-corrected chi connectivity index (χ0v) is 14.9. The van der Waals surface area contributed by atoms with Crippen molar-refractivity contribution in [2.24, 2.45) is 0 Å². The summed E-state index contributed by atoms with van der Waals surface area (Å²) in [6, 6.07) is 11.6. The van der Waals surface area contributed by atoms with Crippen LogP contribution in [-0.4, -0.2) is 21.0 Å². The van der Waals surface area contributed by atoms with E-state index < -0.39 is 16.0 Å². The number of carbonyl (C=O) groups excluding carboxylic acids is 1. The number of hydrogen-bond donors (Lipinski definition) is 1. The Morgan fingerprint density at radius 2 is 1.96 bits per heavy atom. The molecule has 2 rings (SSSR count). The molecule has 0 aromatic heterocycles. The van der Waals surface area contributed by atoms with Crippen molar-refractivity contribution < 1.29 is 17.9 Å². The van der Waals surface area contributed by atoms with Gasteiger partial charge in [-0.1, -0.05) is 41.4 Å². The van der Waals surface area contributed by atoms with Crippen molar-refractivity contribution in [3.63, 3.8) is 0 Å². The molecule has 0 fully saturated rings. The average Bonchev–Trinajstić information content (AvgIpc) is 2.48. The van der Waals surface area contributed by atoms with Crippen LogP contribution in [0.15, 0.2) is 42.5 Å². The van der Waals surface area contributed by atoms with Crippen LogP contribution in [0.4, 0.5) is 5.69 Å². The second-order valence-corrected chi connectivity index (χ2v) is 7.39. The highest BCUT2D eigenvalue weighted by molar-refractivity contribution is 7.91. The normalized spacial score (nSPS) is 11.1. The van der Waals surface area contributed by atoms with E-state index in [1.807, 2.05) is 19.1 Å². The van der Waals surface area contributed by atoms with Gasteiger partial charge in [0.2, 0.25) is 10.0 Å². The van der Waals surface area contributed by atoms with Gasteiger partial charge in [0.1, 0.15) is 0 Å². The zero-order chi connectivity index (χ0) is 17.7. The number of halogens is 1. The summed E-state index contributed by atoms with van der Waals surface area (Å²) in [5.74, 6) is -0.756. The summed E-state index contributed by atoms with van der Waals surface area (Å²) in [5, 5.41) is 0.204. The topological polar surface area (TPSA) is 72.5 Å². The SMILES string of the molecule is CCOC(=O)c1cc(NS(=O)(=O)Cc2cccc(C)c2)ccc1Cl. The van der Waals surface area contributed by atoms with Crippen molar-refractivity contribution in [3.05, 3.63) is 64.2 Å². The Kier molecular flexibility index (Phi) is 5.85. The Morgan fingerprint density at radius 3 is 2.62 bits per heavy atom. The zero-order valence-electron chi connectivity index (χ0n) is 13.4. The minimum Gasteiger partial charge on any atom is -0.462 e. The summed E-state index contributed by atoms with van der Waals surface area (Å²) < 4.78 is 32.0. The number of anilines is 1. The van der Waals surface area contributed by atoms with Gasteiger partial charge < -0.3 is 4.74 Å². The molecule has 0 radical (unpaired) electrons. The lowest BCUT2D eigenvalue weighted by Crippen LogP contribution is -2.16. The predicted molar refractivity (Wildman–Crippen MR) is 94.8 cm³/mol. The number of ether oxygens (including phenoxy) is 1. The Balaban J connectivity index is 2.20. The third-order valence-electron chi connectivity index (χ3n) is 3.17. The molecule has 0 saturated carbocycles. The van der Waals surface area contributed by atoms with Gasteiger partial charge in [-0.25, -0.2) is 13.2 Å². The van der Waals surface area contributed by atoms with Gasteiger partial charge in [-0.3, -0.25) is 4.72 Å². The van der Waals surface area contributed by atoms with Crippen molar-refractivity contribution in [2.75, 3.05) is 11.3 Å². The third-order valence-corrected chi connectivity index (χ3v) is 4.76. The predicted octanol–water partition coefficient (Wildman–Crippen LogP) is 3.77. The molecule has 0 spiro atoms. The molecule has 128 valence electrons. The lowest BCUT2D eigenvalue weighted by atomic mass is 10.2. The van der Waals surface area contributed by atoms with Crippen molar-refractivity contribution in [1.29, 1.82) is 0 Å². The van der Waals surface area contributed by atoms with E-state index in [0.717, 1.165) is 5.56 Å². The molecule has 24 heavy (non-hydrogen) atoms. The molecular weight excluding hydrogens is 350 g/mol. The maximum atomic E-state index is 12.3. The van der Waals surface area contributed by atoms with Crippen LogP contribution >= 0.6 is 11.6 Å². The maximum absolute atomic E-state index is 12.3. The standard InChI is InChI=1S/C17H18ClNO4S/c1-3-23-17(20)15-10-14(7-8-16(15)18)19-24(21,22)11-13-6-4-5-12(2)9-13/h4-10,19H,3,11H2,1-2H3. The van der Waals surface area contributed by atoms with E-state index in [-0.39, 0.29) is 28.6 Å². The van der Waals surface area contributed by atoms with Gasteiger partial charge in [0.25, 0.3) is 0 Å². The lowest BCUT2D eigenvalue weighted by Gasteiger charge is -2.11. The first-order valence-corrected chi connectivity index (χ1v) is 9.36. The highest BCUT2D eigenvalue weighted by atomic mass is 35.5. The molecule has 1 N–H and O–H groups in total. The molecule has 0 aliphatic carbocycles. The van der Waals surface area contributed by atoms with E-state index in [4.69, 9.17) is 16.3 Å². The Bertz CT molecular complexity index is 849. The van der Waals surface area contributed by atoms with Gasteiger partial charge in [0.05, 0.1) is 22.9 Å². The molecule has 0 aliphatic rings. The first kappa shape index (κ1) is 18.3. The minimum atomic E-state index is -3.62. The number of esters is 1. The molecule has 7 heteroatoms. The fourth-order valence-corrected chi connectivity index (χ4v) is 3.56. The Hall–Kier alpha value is -2.05. The number of carbonyl (C=O) groups is 1. The van der Waals surface area contributed by atoms with Gasteiger partial charge in [0.15, 0.2) is 0 Å². The van der Waals surface area contributed by atoms with E-state index >= 15 is 0 Å². The highest BCUT2D eigenvalue weighted by Crippen LogP contribution is 2.23. The summed E-state index contributed by atoms with van der Waals surface area (Å²) in [4.78, 5) is 11.8. The summed E-state index contributed by atoms with van der Waals surface area (Å²) in [6.45, 7) is 3.78. The molecule has 0 unspecified atom stereocenters. The van der Waals surface area contributed by atoms with E-state index in [0.29, 0.717) is 5.56 Å². The molecule has 2 aromatic rings. The summed E-state index contributed by atoms with van der Waals surface area (Å²) in [6.07, 6.45) is 0. The second-order valence-electron chi connectivity index (χ2n) is 5.27. The number of aryl methyl sites for hydroxylation is 1. The smallest absolute Gasteiger partial charge is 0.339 e. The van der Waals surface area contributed by atoms with Crippen molar-refractivity contribution in [3.8, 4) is 0 Å². The average molecular weight is 368 g/mol. The van der Waals surface area contributed by atoms with E-state index in [9.17, 15) is 13.2 Å². The number of sulfonamides is 1. The highest BCUT2D eigenvalue weighted by Gasteiger charge is 2.16. The van der Waals surface area contributed by atoms with Gasteiger partial charge in [-0.05, 0) is 37.6 Å². The quantitative estimate of drug-likeness (QED) is 0.789. The Labute approximate surface area is 146 Å². The number of benzene rings is 2. The first-order valence-electron chi connectivity index (χ1n) is 7.33. The van der Waals surface area contributed by atoms with Gasteiger partial charge in [-0.2, -0.15) is 0 Å². The molecule has 0 heterocycles. The maximum Gasteiger partial charge on any atom is 0.339 e. The summed E-state index contributed by atoms with van der Waals surface area (Å²) in [5.41, 5.74) is 2.05. The lowest BCUT2D eigenvalue weighted by molar-refractivity contribution is 0.0526. The molecule has 0 atom stereocenters. The Morgan fingerprint density at radius 1 is 1.21 bits per heavy atom. The summed E-state index contributed by atoms with van der Waals surface area (Å²) in [7, 11) is -3.62. The third kappa shape index (κ3) is 4.97. The summed E-state index contributed by atoms with van der Waals surface area (Å²) >= 11 is 5.97. The second kappa shape index (κ2) is 7.68. The van der Waals surface area contributed by atoms with E-state index in [1.165, 1.54) is 18.2 Å². The van der Waals surface area contributed by atoms with Crippen LogP contribution in [0.3, 0.4) is 0 Å². The van der Waals surface area contributed by atoms with Crippen LogP contribution in [0.5, 0.6) is 0 Å². The van der Waals surface area contributed by atoms with Crippen molar-refractivity contribution >= 4 is 33.3 Å². The molecule has 0 aliphatic heterocycles. The van der Waals surface area contributed by atoms with Crippen LogP contribution in [0.25, 0.3) is 0 Å². The number of nitrogens with one attached hydrogen (secondary N) is 1. The van der Waals surface area contributed by atoms with E-state index in [2.05, 4.69) is 4.72 Å². The molecule has 0 amide bonds. The van der Waals surface area contributed by atoms with Crippen molar-refractivity contribution in [2.45, 2.75) is 19.6 Å². The fourth-order valence-electron chi connectivity index (χ4n) is 2.19. The van der Waals surface area contributed by atoms with Gasteiger partial charge >= 0.3 is 5.97 Å². The number of rotatable bonds is 6. The molecule has 5 nitrogen and oxygen atoms in total. The minimum absolute atomic E-state index is 0.120. The molecular formula is C17H18ClNO4S. The molecule has 0 saturated heterocycles. The first-order chi connectivity index (χ1) is 11.3. The van der Waals surface area contributed by atoms with Gasteiger partial charge in [-0.15, -0.1) is 0 Å². The van der Waals surface area contributed by atoms with Gasteiger partial charge in [0, 0.05) is 5.69 Å². The van der Waals surface area contributed by atoms with Crippen LogP contribution < -0.4 is 4.72 Å². The van der Waals surface area contributed by atoms with Crippen LogP contribution in [0.2, 0.25) is 5.02 Å². The number of hydrogen-bond acceptors (Lipinski definition) is 4. The van der Waals surface area contributed by atoms with Crippen LogP contribution in [0.1, 0.15) is 28.4 Å². The van der Waals surface area contributed by atoms with Crippen LogP contribution in [0, 0.1) is 6.92 Å². The molecule has 0 bridgehead atoms. The van der Waals surface area contributed by atoms with Crippen LogP contribution in [-0.2, 0) is 20.5 Å². The monoisotopic (exact) mass is 367 g/mol. The largest absolute Gasteiger partial charge is 0.462 e. The van der Waals surface area contributed by atoms with E-state index in [1.54, 1.807) is 19.1 Å². The fraction of sp³-hybridized carbons (Fsp3) is 0.235.